The molecule has 2 aromatic heterocycles. The van der Waals surface area contributed by atoms with E-state index in [4.69, 9.17) is 27.9 Å². The van der Waals surface area contributed by atoms with Crippen molar-refractivity contribution in [3.05, 3.63) is 104 Å². The second kappa shape index (κ2) is 9.79. The summed E-state index contributed by atoms with van der Waals surface area (Å²) in [6.07, 6.45) is 2.68. The van der Waals surface area contributed by atoms with Gasteiger partial charge in [0.05, 0.1) is 5.02 Å². The molecule has 4 rings (SSSR count). The molecule has 0 atom stereocenters. The van der Waals surface area contributed by atoms with Crippen LogP contribution in [-0.2, 0) is 4.79 Å². The highest BCUT2D eigenvalue weighted by Gasteiger charge is 2.18. The maximum absolute atomic E-state index is 13.3. The predicted molar refractivity (Wildman–Crippen MR) is 131 cm³/mol. The summed E-state index contributed by atoms with van der Waals surface area (Å²) in [4.78, 5) is 30.4. The van der Waals surface area contributed by atoms with Crippen molar-refractivity contribution in [3.63, 3.8) is 0 Å². The van der Waals surface area contributed by atoms with Gasteiger partial charge in [0.15, 0.2) is 0 Å². The lowest BCUT2D eigenvalue weighted by molar-refractivity contribution is -0.112. The first-order valence-electron chi connectivity index (χ1n) is 10.00. The molecule has 0 bridgehead atoms. The molecular weight excluding hydrogens is 475 g/mol. The van der Waals surface area contributed by atoms with Crippen LogP contribution in [0.5, 0.6) is 11.6 Å². The third kappa shape index (κ3) is 4.94. The molecule has 2 heterocycles. The van der Waals surface area contributed by atoms with E-state index in [9.17, 15) is 14.9 Å². The van der Waals surface area contributed by atoms with Crippen LogP contribution in [0.15, 0.2) is 77.2 Å². The molecule has 168 valence electrons. The van der Waals surface area contributed by atoms with Crippen LogP contribution in [0.25, 0.3) is 11.7 Å². The molecule has 7 nitrogen and oxygen atoms in total. The molecule has 2 aromatic carbocycles. The number of hydrogen-bond acceptors (Lipinski definition) is 5. The summed E-state index contributed by atoms with van der Waals surface area (Å²) in [5, 5.41) is 12.9. The van der Waals surface area contributed by atoms with Crippen LogP contribution in [0.4, 0.5) is 5.69 Å². The number of aromatic nitrogens is 2. The number of carbonyl (C=O) groups is 1. The van der Waals surface area contributed by atoms with Crippen molar-refractivity contribution in [2.45, 2.75) is 6.92 Å². The topological polar surface area (TPSA) is 96.5 Å². The molecular formula is C25H16Cl2N4O3. The van der Waals surface area contributed by atoms with Gasteiger partial charge in [-0.25, -0.2) is 0 Å². The third-order valence-corrected chi connectivity index (χ3v) is 5.33. The average molecular weight is 491 g/mol. The van der Waals surface area contributed by atoms with Crippen molar-refractivity contribution in [3.8, 4) is 17.7 Å². The molecule has 0 aliphatic heterocycles. The second-order valence-electron chi connectivity index (χ2n) is 7.23. The van der Waals surface area contributed by atoms with Crippen molar-refractivity contribution in [1.82, 2.24) is 9.38 Å². The largest absolute Gasteiger partial charge is 0.437 e. The number of rotatable bonds is 5. The molecule has 0 radical (unpaired) electrons. The molecule has 0 saturated carbocycles. The molecule has 34 heavy (non-hydrogen) atoms. The Balaban J connectivity index is 1.81. The SMILES string of the molecule is Cc1ccc(NC(=O)C(C#N)=Cc2c(Oc3ccc(Cl)cc3Cl)nc3ccccn3c2=O)cc1. The zero-order valence-electron chi connectivity index (χ0n) is 17.8. The van der Waals surface area contributed by atoms with E-state index in [1.807, 2.05) is 25.1 Å². The minimum Gasteiger partial charge on any atom is -0.437 e. The van der Waals surface area contributed by atoms with Crippen molar-refractivity contribution in [2.75, 3.05) is 5.32 Å². The van der Waals surface area contributed by atoms with Gasteiger partial charge in [0.2, 0.25) is 5.88 Å². The molecule has 0 spiro atoms. The second-order valence-corrected chi connectivity index (χ2v) is 8.08. The zero-order valence-corrected chi connectivity index (χ0v) is 19.3. The van der Waals surface area contributed by atoms with Gasteiger partial charge in [-0.2, -0.15) is 10.2 Å². The van der Waals surface area contributed by atoms with E-state index in [1.165, 1.54) is 22.7 Å². The third-order valence-electron chi connectivity index (χ3n) is 4.80. The van der Waals surface area contributed by atoms with Gasteiger partial charge in [0.1, 0.15) is 28.6 Å². The summed E-state index contributed by atoms with van der Waals surface area (Å²) < 4.78 is 7.13. The lowest BCUT2D eigenvalue weighted by atomic mass is 10.1. The number of halogens is 2. The van der Waals surface area contributed by atoms with Gasteiger partial charge in [-0.15, -0.1) is 0 Å². The molecule has 4 aromatic rings. The number of amides is 1. The van der Waals surface area contributed by atoms with Crippen LogP contribution in [0, 0.1) is 18.3 Å². The Kier molecular flexibility index (Phi) is 6.64. The number of nitrogens with one attached hydrogen (secondary N) is 1. The first-order valence-corrected chi connectivity index (χ1v) is 10.8. The molecule has 0 unspecified atom stereocenters. The Bertz CT molecular complexity index is 1540. The van der Waals surface area contributed by atoms with Crippen LogP contribution in [0.1, 0.15) is 11.1 Å². The number of benzene rings is 2. The number of fused-ring (bicyclic) bond motifs is 1. The summed E-state index contributed by atoms with van der Waals surface area (Å²) in [6.45, 7) is 1.92. The van der Waals surface area contributed by atoms with Crippen LogP contribution in [0.3, 0.4) is 0 Å². The van der Waals surface area contributed by atoms with Crippen molar-refractivity contribution in [2.24, 2.45) is 0 Å². The first kappa shape index (κ1) is 23.1. The number of pyridine rings is 1. The van der Waals surface area contributed by atoms with E-state index < -0.39 is 11.5 Å². The van der Waals surface area contributed by atoms with Gasteiger partial charge in [-0.3, -0.25) is 14.0 Å². The van der Waals surface area contributed by atoms with Gasteiger partial charge in [-0.05, 0) is 55.5 Å². The summed E-state index contributed by atoms with van der Waals surface area (Å²) >= 11 is 12.2. The Morgan fingerprint density at radius 3 is 2.62 bits per heavy atom. The Labute approximate surface area is 204 Å². The van der Waals surface area contributed by atoms with Gasteiger partial charge in [-0.1, -0.05) is 47.0 Å². The first-order chi connectivity index (χ1) is 16.4. The van der Waals surface area contributed by atoms with Gasteiger partial charge in [0.25, 0.3) is 11.5 Å². The summed E-state index contributed by atoms with van der Waals surface area (Å²) in [6, 6.07) is 18.5. The Morgan fingerprint density at radius 1 is 1.15 bits per heavy atom. The van der Waals surface area contributed by atoms with E-state index in [0.717, 1.165) is 11.6 Å². The summed E-state index contributed by atoms with van der Waals surface area (Å²) in [5.41, 5.74) is 0.920. The molecule has 1 N–H and O–H groups in total. The van der Waals surface area contributed by atoms with Crippen molar-refractivity contribution >= 4 is 46.5 Å². The number of nitriles is 1. The van der Waals surface area contributed by atoms with E-state index in [-0.39, 0.29) is 27.8 Å². The highest BCUT2D eigenvalue weighted by Crippen LogP contribution is 2.32. The molecule has 0 aliphatic carbocycles. The molecule has 0 fully saturated rings. The number of carbonyl (C=O) groups excluding carboxylic acids is 1. The maximum Gasteiger partial charge on any atom is 0.269 e. The maximum atomic E-state index is 13.3. The smallest absolute Gasteiger partial charge is 0.269 e. The highest BCUT2D eigenvalue weighted by atomic mass is 35.5. The van der Waals surface area contributed by atoms with E-state index in [0.29, 0.717) is 16.4 Å². The lowest BCUT2D eigenvalue weighted by Gasteiger charge is -2.11. The van der Waals surface area contributed by atoms with Gasteiger partial charge < -0.3 is 10.1 Å². The monoisotopic (exact) mass is 490 g/mol. The number of hydrogen-bond donors (Lipinski definition) is 1. The molecule has 0 saturated heterocycles. The number of nitrogens with zero attached hydrogens (tertiary/aromatic N) is 3. The fourth-order valence-electron chi connectivity index (χ4n) is 3.07. The van der Waals surface area contributed by atoms with Crippen molar-refractivity contribution in [1.29, 1.82) is 5.26 Å². The van der Waals surface area contributed by atoms with Gasteiger partial charge in [0, 0.05) is 16.9 Å². The highest BCUT2D eigenvalue weighted by molar-refractivity contribution is 6.35. The average Bonchev–Trinajstić information content (AvgIpc) is 2.82. The Morgan fingerprint density at radius 2 is 1.91 bits per heavy atom. The van der Waals surface area contributed by atoms with Gasteiger partial charge >= 0.3 is 0 Å². The van der Waals surface area contributed by atoms with E-state index in [2.05, 4.69) is 10.3 Å². The number of ether oxygens (including phenoxy) is 1. The molecule has 9 heteroatoms. The summed E-state index contributed by atoms with van der Waals surface area (Å²) in [5.74, 6) is -0.591. The fraction of sp³-hybridized carbons (Fsp3) is 0.0400. The number of aryl methyl sites for hydroxylation is 1. The predicted octanol–water partition coefficient (Wildman–Crippen LogP) is 5.65. The zero-order chi connectivity index (χ0) is 24.2. The minimum absolute atomic E-state index is 0.0923. The normalized spacial score (nSPS) is 11.2. The quantitative estimate of drug-likeness (QED) is 0.288. The number of anilines is 1. The van der Waals surface area contributed by atoms with Crippen LogP contribution in [0.2, 0.25) is 10.0 Å². The van der Waals surface area contributed by atoms with Crippen molar-refractivity contribution < 1.29 is 9.53 Å². The van der Waals surface area contributed by atoms with Crippen LogP contribution in [-0.4, -0.2) is 15.3 Å². The Hall–Kier alpha value is -4.12. The standard InChI is InChI=1S/C25H16Cl2N4O3/c1-15-5-8-18(9-6-15)29-23(32)16(14-28)12-19-24(34-21-10-7-17(26)13-20(21)27)30-22-4-2-3-11-31(22)25(19)33/h2-13H,1H3,(H,29,32). The van der Waals surface area contributed by atoms with Crippen LogP contribution < -0.4 is 15.6 Å². The minimum atomic E-state index is -0.681. The molecule has 1 amide bonds. The van der Waals surface area contributed by atoms with Crippen LogP contribution >= 0.6 is 23.2 Å². The summed E-state index contributed by atoms with van der Waals surface area (Å²) in [7, 11) is 0. The fourth-order valence-corrected chi connectivity index (χ4v) is 3.52. The molecule has 0 aliphatic rings. The van der Waals surface area contributed by atoms with E-state index in [1.54, 1.807) is 36.4 Å². The lowest BCUT2D eigenvalue weighted by Crippen LogP contribution is -2.20. The van der Waals surface area contributed by atoms with E-state index >= 15 is 0 Å².